The summed E-state index contributed by atoms with van der Waals surface area (Å²) in [6.45, 7) is -0.0324. The van der Waals surface area contributed by atoms with Gasteiger partial charge in [-0.05, 0) is 35.9 Å². The Labute approximate surface area is 146 Å². The normalized spacial score (nSPS) is 10.1. The van der Waals surface area contributed by atoms with Gasteiger partial charge >= 0.3 is 0 Å². The quantitative estimate of drug-likeness (QED) is 0.874. The standard InChI is InChI=1S/C18H19ClN2O3/c1-21(18(23)11-13-5-3-4-6-16(13)19)12-17(22)20-14-7-9-15(24-2)10-8-14/h3-10H,11-12H2,1-2H3,(H,20,22). The Balaban J connectivity index is 1.88. The van der Waals surface area contributed by atoms with Crippen LogP contribution in [0.3, 0.4) is 0 Å². The van der Waals surface area contributed by atoms with Gasteiger partial charge in [-0.25, -0.2) is 0 Å². The molecule has 0 saturated heterocycles. The summed E-state index contributed by atoms with van der Waals surface area (Å²) in [6.07, 6.45) is 0.159. The van der Waals surface area contributed by atoms with Crippen LogP contribution in [0.2, 0.25) is 5.02 Å². The number of rotatable bonds is 6. The van der Waals surface area contributed by atoms with E-state index >= 15 is 0 Å². The number of nitrogens with zero attached hydrogens (tertiary/aromatic N) is 1. The number of nitrogens with one attached hydrogen (secondary N) is 1. The highest BCUT2D eigenvalue weighted by Crippen LogP contribution is 2.16. The summed E-state index contributed by atoms with van der Waals surface area (Å²) in [7, 11) is 3.17. The summed E-state index contributed by atoms with van der Waals surface area (Å²) in [4.78, 5) is 25.6. The van der Waals surface area contributed by atoms with Crippen molar-refractivity contribution in [3.63, 3.8) is 0 Å². The van der Waals surface area contributed by atoms with Crippen LogP contribution < -0.4 is 10.1 Å². The molecular formula is C18H19ClN2O3. The van der Waals surface area contributed by atoms with Crippen LogP contribution in [0.15, 0.2) is 48.5 Å². The van der Waals surface area contributed by atoms with E-state index in [1.165, 1.54) is 4.90 Å². The van der Waals surface area contributed by atoms with Crippen molar-refractivity contribution in [2.75, 3.05) is 26.0 Å². The Morgan fingerprint density at radius 2 is 1.79 bits per heavy atom. The van der Waals surface area contributed by atoms with Gasteiger partial charge in [0.2, 0.25) is 11.8 Å². The first-order valence-electron chi connectivity index (χ1n) is 7.41. The van der Waals surface area contributed by atoms with E-state index in [2.05, 4.69) is 5.32 Å². The first kappa shape index (κ1) is 17.8. The number of methoxy groups -OCH3 is 1. The molecule has 2 amide bonds. The Kier molecular flexibility index (Phi) is 6.21. The van der Waals surface area contributed by atoms with Crippen molar-refractivity contribution in [2.45, 2.75) is 6.42 Å². The van der Waals surface area contributed by atoms with Crippen LogP contribution in [0, 0.1) is 0 Å². The van der Waals surface area contributed by atoms with Gasteiger partial charge < -0.3 is 15.0 Å². The molecule has 0 saturated carbocycles. The number of anilines is 1. The first-order chi connectivity index (χ1) is 11.5. The van der Waals surface area contributed by atoms with E-state index in [1.807, 2.05) is 12.1 Å². The number of carbonyl (C=O) groups excluding carboxylic acids is 2. The highest BCUT2D eigenvalue weighted by atomic mass is 35.5. The fourth-order valence-corrected chi connectivity index (χ4v) is 2.32. The highest BCUT2D eigenvalue weighted by molar-refractivity contribution is 6.31. The molecule has 5 nitrogen and oxygen atoms in total. The zero-order valence-electron chi connectivity index (χ0n) is 13.6. The summed E-state index contributed by atoms with van der Waals surface area (Å²) in [5.74, 6) is 0.267. The van der Waals surface area contributed by atoms with E-state index in [9.17, 15) is 9.59 Å². The van der Waals surface area contributed by atoms with Crippen molar-refractivity contribution >= 4 is 29.1 Å². The molecule has 0 spiro atoms. The number of ether oxygens (including phenoxy) is 1. The van der Waals surface area contributed by atoms with Crippen molar-refractivity contribution in [1.29, 1.82) is 0 Å². The van der Waals surface area contributed by atoms with Gasteiger partial charge in [0.25, 0.3) is 0 Å². The van der Waals surface area contributed by atoms with Gasteiger partial charge in [-0.2, -0.15) is 0 Å². The highest BCUT2D eigenvalue weighted by Gasteiger charge is 2.15. The predicted octanol–water partition coefficient (Wildman–Crippen LogP) is 2.99. The lowest BCUT2D eigenvalue weighted by Gasteiger charge is -2.17. The number of hydrogen-bond acceptors (Lipinski definition) is 3. The lowest BCUT2D eigenvalue weighted by molar-refractivity contribution is -0.132. The van der Waals surface area contributed by atoms with Crippen LogP contribution in [0.5, 0.6) is 5.75 Å². The summed E-state index contributed by atoms with van der Waals surface area (Å²) in [5.41, 5.74) is 1.39. The van der Waals surface area contributed by atoms with Crippen LogP contribution in [0.4, 0.5) is 5.69 Å². The monoisotopic (exact) mass is 346 g/mol. The van der Waals surface area contributed by atoms with Gasteiger partial charge in [0.15, 0.2) is 0 Å². The van der Waals surface area contributed by atoms with Gasteiger partial charge in [-0.1, -0.05) is 29.8 Å². The summed E-state index contributed by atoms with van der Waals surface area (Å²) >= 11 is 6.05. The van der Waals surface area contributed by atoms with Crippen LogP contribution in [0.1, 0.15) is 5.56 Å². The molecule has 0 aliphatic rings. The third kappa shape index (κ3) is 4.99. The minimum absolute atomic E-state index is 0.0324. The minimum atomic E-state index is -0.268. The molecule has 2 aromatic rings. The zero-order valence-corrected chi connectivity index (χ0v) is 14.3. The number of amides is 2. The topological polar surface area (TPSA) is 58.6 Å². The largest absolute Gasteiger partial charge is 0.497 e. The maximum atomic E-state index is 12.2. The SMILES string of the molecule is COc1ccc(NC(=O)CN(C)C(=O)Cc2ccccc2Cl)cc1. The molecule has 24 heavy (non-hydrogen) atoms. The molecule has 0 fully saturated rings. The van der Waals surface area contributed by atoms with E-state index in [4.69, 9.17) is 16.3 Å². The average molecular weight is 347 g/mol. The van der Waals surface area contributed by atoms with Gasteiger partial charge in [0.1, 0.15) is 5.75 Å². The molecule has 0 bridgehead atoms. The Morgan fingerprint density at radius 3 is 2.42 bits per heavy atom. The van der Waals surface area contributed by atoms with Crippen molar-refractivity contribution in [3.05, 3.63) is 59.1 Å². The summed E-state index contributed by atoms with van der Waals surface area (Å²) in [5, 5.41) is 3.28. The molecule has 0 aliphatic carbocycles. The van der Waals surface area contributed by atoms with E-state index in [0.717, 1.165) is 5.56 Å². The number of likely N-dealkylation sites (N-methyl/N-ethyl adjacent to an activating group) is 1. The Bertz CT molecular complexity index is 716. The molecule has 0 unspecified atom stereocenters. The van der Waals surface area contributed by atoms with E-state index in [-0.39, 0.29) is 24.8 Å². The molecule has 6 heteroatoms. The van der Waals surface area contributed by atoms with Gasteiger partial charge in [0.05, 0.1) is 20.1 Å². The maximum absolute atomic E-state index is 12.2. The Hall–Kier alpha value is -2.53. The minimum Gasteiger partial charge on any atom is -0.497 e. The van der Waals surface area contributed by atoms with E-state index in [0.29, 0.717) is 16.5 Å². The van der Waals surface area contributed by atoms with E-state index in [1.54, 1.807) is 50.6 Å². The van der Waals surface area contributed by atoms with Crippen molar-refractivity contribution in [3.8, 4) is 5.75 Å². The summed E-state index contributed by atoms with van der Waals surface area (Å²) < 4.78 is 5.06. The number of benzene rings is 2. The second-order valence-corrected chi connectivity index (χ2v) is 5.70. The van der Waals surface area contributed by atoms with Crippen molar-refractivity contribution in [2.24, 2.45) is 0 Å². The molecule has 0 aromatic heterocycles. The second-order valence-electron chi connectivity index (χ2n) is 5.29. The molecule has 126 valence electrons. The first-order valence-corrected chi connectivity index (χ1v) is 7.78. The molecule has 0 atom stereocenters. The van der Waals surface area contributed by atoms with Crippen LogP contribution >= 0.6 is 11.6 Å². The maximum Gasteiger partial charge on any atom is 0.243 e. The second kappa shape index (κ2) is 8.36. The number of carbonyl (C=O) groups is 2. The summed E-state index contributed by atoms with van der Waals surface area (Å²) in [6, 6.07) is 14.1. The lowest BCUT2D eigenvalue weighted by atomic mass is 10.1. The average Bonchev–Trinajstić information content (AvgIpc) is 2.57. The third-order valence-corrected chi connectivity index (χ3v) is 3.85. The molecule has 0 aliphatic heterocycles. The zero-order chi connectivity index (χ0) is 17.5. The van der Waals surface area contributed by atoms with Crippen molar-refractivity contribution < 1.29 is 14.3 Å². The molecular weight excluding hydrogens is 328 g/mol. The van der Waals surface area contributed by atoms with Crippen LogP contribution in [-0.2, 0) is 16.0 Å². The van der Waals surface area contributed by atoms with Gasteiger partial charge in [-0.3, -0.25) is 9.59 Å². The van der Waals surface area contributed by atoms with Gasteiger partial charge in [0, 0.05) is 17.8 Å². The smallest absolute Gasteiger partial charge is 0.243 e. The van der Waals surface area contributed by atoms with Crippen LogP contribution in [-0.4, -0.2) is 37.4 Å². The Morgan fingerprint density at radius 1 is 1.12 bits per heavy atom. The molecule has 0 radical (unpaired) electrons. The van der Waals surface area contributed by atoms with Crippen molar-refractivity contribution in [1.82, 2.24) is 4.90 Å². The predicted molar refractivity (Wildman–Crippen MR) is 94.4 cm³/mol. The molecule has 0 heterocycles. The fourth-order valence-electron chi connectivity index (χ4n) is 2.12. The van der Waals surface area contributed by atoms with Gasteiger partial charge in [-0.15, -0.1) is 0 Å². The third-order valence-electron chi connectivity index (χ3n) is 3.48. The number of hydrogen-bond donors (Lipinski definition) is 1. The number of halogens is 1. The molecule has 1 N–H and O–H groups in total. The van der Waals surface area contributed by atoms with E-state index < -0.39 is 0 Å². The molecule has 2 rings (SSSR count). The fraction of sp³-hybridized carbons (Fsp3) is 0.222. The molecule has 2 aromatic carbocycles. The van der Waals surface area contributed by atoms with Crippen LogP contribution in [0.25, 0.3) is 0 Å². The lowest BCUT2D eigenvalue weighted by Crippen LogP contribution is -2.35.